The highest BCUT2D eigenvalue weighted by Crippen LogP contribution is 2.36. The minimum absolute atomic E-state index is 0.610. The van der Waals surface area contributed by atoms with Crippen LogP contribution in [0.1, 0.15) is 41.1 Å². The van der Waals surface area contributed by atoms with Gasteiger partial charge in [-0.2, -0.15) is 10.2 Å². The summed E-state index contributed by atoms with van der Waals surface area (Å²) in [7, 11) is 0. The van der Waals surface area contributed by atoms with Crippen LogP contribution in [0.2, 0.25) is 0 Å². The maximum Gasteiger partial charge on any atom is 0.231 e. The third-order valence-corrected chi connectivity index (χ3v) is 6.15. The van der Waals surface area contributed by atoms with E-state index >= 15 is 0 Å². The van der Waals surface area contributed by atoms with E-state index in [4.69, 9.17) is 20.0 Å². The highest BCUT2D eigenvalue weighted by atomic mass is 32.1. The van der Waals surface area contributed by atoms with Gasteiger partial charge in [0.15, 0.2) is 0 Å². The molecule has 0 atom stereocenters. The summed E-state index contributed by atoms with van der Waals surface area (Å²) in [5.74, 6) is 2.11. The second-order valence-corrected chi connectivity index (χ2v) is 8.19. The number of thiophene rings is 1. The topological polar surface area (TPSA) is 62.0 Å². The van der Waals surface area contributed by atoms with Crippen molar-refractivity contribution in [1.82, 2.24) is 14.9 Å². The molecule has 3 heterocycles. The number of aromatic nitrogens is 2. The minimum Gasteiger partial charge on any atom is -0.438 e. The van der Waals surface area contributed by atoms with Crippen LogP contribution < -0.4 is 4.74 Å². The Hall–Kier alpha value is -2.49. The normalized spacial score (nSPS) is 15.0. The predicted octanol–water partition coefficient (Wildman–Crippen LogP) is 4.96. The fourth-order valence-corrected chi connectivity index (χ4v) is 4.46. The zero-order valence-electron chi connectivity index (χ0n) is 15.7. The van der Waals surface area contributed by atoms with E-state index in [1.807, 2.05) is 12.1 Å². The summed E-state index contributed by atoms with van der Waals surface area (Å²) in [6.45, 7) is 7.17. The van der Waals surface area contributed by atoms with Gasteiger partial charge in [0, 0.05) is 4.88 Å². The molecule has 27 heavy (non-hydrogen) atoms. The van der Waals surface area contributed by atoms with Crippen LogP contribution in [0.15, 0.2) is 24.3 Å². The van der Waals surface area contributed by atoms with Crippen molar-refractivity contribution in [3.8, 4) is 17.7 Å². The third-order valence-electron chi connectivity index (χ3n) is 5.05. The van der Waals surface area contributed by atoms with Crippen molar-refractivity contribution in [3.63, 3.8) is 0 Å². The molecule has 0 saturated carbocycles. The Labute approximate surface area is 163 Å². The van der Waals surface area contributed by atoms with Gasteiger partial charge in [0.2, 0.25) is 5.88 Å². The minimum atomic E-state index is 0.610. The number of likely N-dealkylation sites (tertiary alicyclic amines) is 1. The van der Waals surface area contributed by atoms with Crippen molar-refractivity contribution in [1.29, 1.82) is 5.26 Å². The summed E-state index contributed by atoms with van der Waals surface area (Å²) >= 11 is 1.69. The Balaban J connectivity index is 1.70. The van der Waals surface area contributed by atoms with Crippen molar-refractivity contribution >= 4 is 21.6 Å². The quantitative estimate of drug-likeness (QED) is 0.642. The number of fused-ring (bicyclic) bond motifs is 1. The van der Waals surface area contributed by atoms with Gasteiger partial charge in [0.1, 0.15) is 16.4 Å². The molecule has 1 saturated heterocycles. The van der Waals surface area contributed by atoms with Crippen LogP contribution in [0.5, 0.6) is 11.6 Å². The van der Waals surface area contributed by atoms with Crippen molar-refractivity contribution in [3.05, 3.63) is 46.1 Å². The molecule has 6 heteroatoms. The molecule has 0 N–H and O–H groups in total. The molecule has 0 unspecified atom stereocenters. The molecule has 4 rings (SSSR count). The maximum absolute atomic E-state index is 8.98. The van der Waals surface area contributed by atoms with Crippen LogP contribution in [0, 0.1) is 25.2 Å². The van der Waals surface area contributed by atoms with Crippen LogP contribution in [0.3, 0.4) is 0 Å². The van der Waals surface area contributed by atoms with Crippen LogP contribution in [-0.2, 0) is 6.54 Å². The van der Waals surface area contributed by atoms with E-state index in [-0.39, 0.29) is 0 Å². The van der Waals surface area contributed by atoms with Crippen molar-refractivity contribution in [2.45, 2.75) is 39.7 Å². The Morgan fingerprint density at radius 3 is 2.56 bits per heavy atom. The van der Waals surface area contributed by atoms with Crippen LogP contribution in [-0.4, -0.2) is 28.0 Å². The third kappa shape index (κ3) is 3.80. The van der Waals surface area contributed by atoms with Gasteiger partial charge in [-0.25, -0.2) is 4.98 Å². The van der Waals surface area contributed by atoms with E-state index in [0.717, 1.165) is 35.7 Å². The van der Waals surface area contributed by atoms with Gasteiger partial charge in [0.25, 0.3) is 0 Å². The highest BCUT2D eigenvalue weighted by molar-refractivity contribution is 7.18. The highest BCUT2D eigenvalue weighted by Gasteiger charge is 2.18. The van der Waals surface area contributed by atoms with E-state index in [2.05, 4.69) is 24.8 Å². The SMILES string of the molecule is Cc1sc2nc(CN3CCCCC3)nc(Oc3ccc(C#N)cc3)c2c1C. The molecule has 3 aromatic rings. The first-order valence-corrected chi connectivity index (χ1v) is 10.1. The number of benzene rings is 1. The molecule has 0 amide bonds. The van der Waals surface area contributed by atoms with Gasteiger partial charge in [0.05, 0.1) is 23.6 Å². The second-order valence-electron chi connectivity index (χ2n) is 6.98. The van der Waals surface area contributed by atoms with Gasteiger partial charge < -0.3 is 4.74 Å². The van der Waals surface area contributed by atoms with E-state index in [1.165, 1.54) is 29.7 Å². The van der Waals surface area contributed by atoms with Gasteiger partial charge in [-0.15, -0.1) is 11.3 Å². The van der Waals surface area contributed by atoms with Gasteiger partial charge in [-0.05, 0) is 69.6 Å². The molecule has 0 spiro atoms. The number of hydrogen-bond donors (Lipinski definition) is 0. The molecule has 2 aromatic heterocycles. The Bertz CT molecular complexity index is 998. The fourth-order valence-electron chi connectivity index (χ4n) is 3.43. The first kappa shape index (κ1) is 17.9. The number of piperidine rings is 1. The molecule has 5 nitrogen and oxygen atoms in total. The van der Waals surface area contributed by atoms with Crippen LogP contribution in [0.4, 0.5) is 0 Å². The van der Waals surface area contributed by atoms with E-state index in [9.17, 15) is 0 Å². The Morgan fingerprint density at radius 2 is 1.85 bits per heavy atom. The van der Waals surface area contributed by atoms with Crippen molar-refractivity contribution in [2.24, 2.45) is 0 Å². The summed E-state index contributed by atoms with van der Waals surface area (Å²) in [5.41, 5.74) is 1.78. The lowest BCUT2D eigenvalue weighted by Gasteiger charge is -2.25. The fraction of sp³-hybridized carbons (Fsp3) is 0.381. The number of rotatable bonds is 4. The molecule has 0 bridgehead atoms. The first-order valence-electron chi connectivity index (χ1n) is 9.31. The maximum atomic E-state index is 8.98. The molecule has 1 fully saturated rings. The molecule has 1 aromatic carbocycles. The Morgan fingerprint density at radius 1 is 1.11 bits per heavy atom. The lowest BCUT2D eigenvalue weighted by atomic mass is 10.1. The van der Waals surface area contributed by atoms with Crippen LogP contribution in [0.25, 0.3) is 10.2 Å². The zero-order chi connectivity index (χ0) is 18.8. The number of nitriles is 1. The van der Waals surface area contributed by atoms with Gasteiger partial charge in [-0.1, -0.05) is 6.42 Å². The Kier molecular flexibility index (Phi) is 5.06. The smallest absolute Gasteiger partial charge is 0.231 e. The zero-order valence-corrected chi connectivity index (χ0v) is 16.5. The summed E-state index contributed by atoms with van der Waals surface area (Å²) in [6, 6.07) is 9.27. The summed E-state index contributed by atoms with van der Waals surface area (Å²) in [6.07, 6.45) is 3.80. The lowest BCUT2D eigenvalue weighted by molar-refractivity contribution is 0.215. The number of aryl methyl sites for hydroxylation is 2. The molecule has 0 aliphatic carbocycles. The van der Waals surface area contributed by atoms with Gasteiger partial charge in [-0.3, -0.25) is 4.90 Å². The number of hydrogen-bond acceptors (Lipinski definition) is 6. The summed E-state index contributed by atoms with van der Waals surface area (Å²) in [4.78, 5) is 14.2. The van der Waals surface area contributed by atoms with Crippen molar-refractivity contribution < 1.29 is 4.74 Å². The van der Waals surface area contributed by atoms with E-state index in [0.29, 0.717) is 17.2 Å². The molecular formula is C21H22N4OS. The predicted molar refractivity (Wildman–Crippen MR) is 107 cm³/mol. The molecular weight excluding hydrogens is 356 g/mol. The molecule has 0 radical (unpaired) electrons. The second kappa shape index (κ2) is 7.63. The first-order chi connectivity index (χ1) is 13.1. The van der Waals surface area contributed by atoms with Gasteiger partial charge >= 0.3 is 0 Å². The standard InChI is InChI=1S/C21H22N4OS/c1-14-15(2)27-21-19(14)20(26-17-8-6-16(12-22)7-9-17)23-18(24-21)13-25-10-4-3-5-11-25/h6-9H,3-5,10-11,13H2,1-2H3. The molecule has 138 valence electrons. The van der Waals surface area contributed by atoms with E-state index < -0.39 is 0 Å². The van der Waals surface area contributed by atoms with Crippen LogP contribution >= 0.6 is 11.3 Å². The molecule has 1 aliphatic rings. The average Bonchev–Trinajstić information content (AvgIpc) is 2.97. The lowest BCUT2D eigenvalue weighted by Crippen LogP contribution is -2.29. The largest absolute Gasteiger partial charge is 0.438 e. The van der Waals surface area contributed by atoms with Crippen molar-refractivity contribution in [2.75, 3.05) is 13.1 Å². The summed E-state index contributed by atoms with van der Waals surface area (Å²) < 4.78 is 6.14. The monoisotopic (exact) mass is 378 g/mol. The number of ether oxygens (including phenoxy) is 1. The average molecular weight is 379 g/mol. The number of nitrogens with zero attached hydrogens (tertiary/aromatic N) is 4. The van der Waals surface area contributed by atoms with E-state index in [1.54, 1.807) is 23.5 Å². The summed E-state index contributed by atoms with van der Waals surface area (Å²) in [5, 5.41) is 9.97. The molecule has 1 aliphatic heterocycles.